The van der Waals surface area contributed by atoms with E-state index in [4.69, 9.17) is 4.74 Å². The van der Waals surface area contributed by atoms with Crippen molar-refractivity contribution in [1.29, 1.82) is 5.26 Å². The zero-order chi connectivity index (χ0) is 14.4. The molecule has 0 radical (unpaired) electrons. The molecule has 0 heterocycles. The van der Waals surface area contributed by atoms with Crippen LogP contribution in [-0.4, -0.2) is 7.11 Å². The van der Waals surface area contributed by atoms with Gasteiger partial charge in [0.25, 0.3) is 0 Å². The zero-order valence-electron chi connectivity index (χ0n) is 11.1. The summed E-state index contributed by atoms with van der Waals surface area (Å²) >= 11 is 0. The maximum absolute atomic E-state index is 12.9. The average molecular weight is 270 g/mol. The third kappa shape index (κ3) is 3.34. The van der Waals surface area contributed by atoms with Gasteiger partial charge in [-0.2, -0.15) is 5.26 Å². The van der Waals surface area contributed by atoms with Gasteiger partial charge in [0.05, 0.1) is 12.7 Å². The second kappa shape index (κ2) is 6.69. The number of ether oxygens (including phenoxy) is 1. The standard InChI is InChI=1S/C16H15FN2O/c1-20-11-12-4-2-3-5-15(12)16(10-18)19-14-8-6-13(17)7-9-14/h2-9,16,19H,11H2,1H3. The molecule has 20 heavy (non-hydrogen) atoms. The van der Waals surface area contributed by atoms with Crippen LogP contribution in [0.3, 0.4) is 0 Å². The van der Waals surface area contributed by atoms with Gasteiger partial charge < -0.3 is 10.1 Å². The summed E-state index contributed by atoms with van der Waals surface area (Å²) in [6, 6.07) is 15.3. The Hall–Kier alpha value is -2.38. The molecule has 0 aliphatic carbocycles. The van der Waals surface area contributed by atoms with E-state index in [-0.39, 0.29) is 5.82 Å². The Kier molecular flexibility index (Phi) is 4.70. The number of hydrogen-bond donors (Lipinski definition) is 1. The fourth-order valence-corrected chi connectivity index (χ4v) is 2.00. The van der Waals surface area contributed by atoms with E-state index in [1.54, 1.807) is 19.2 Å². The summed E-state index contributed by atoms with van der Waals surface area (Å²) in [5.41, 5.74) is 2.52. The predicted octanol–water partition coefficient (Wildman–Crippen LogP) is 3.65. The zero-order valence-corrected chi connectivity index (χ0v) is 11.1. The van der Waals surface area contributed by atoms with E-state index in [0.717, 1.165) is 11.1 Å². The first-order chi connectivity index (χ1) is 9.74. The van der Waals surface area contributed by atoms with Crippen molar-refractivity contribution in [3.05, 3.63) is 65.5 Å². The number of hydrogen-bond acceptors (Lipinski definition) is 3. The van der Waals surface area contributed by atoms with Crippen LogP contribution in [0.15, 0.2) is 48.5 Å². The van der Waals surface area contributed by atoms with Gasteiger partial charge in [-0.1, -0.05) is 24.3 Å². The number of nitriles is 1. The van der Waals surface area contributed by atoms with Crippen molar-refractivity contribution in [2.75, 3.05) is 12.4 Å². The maximum Gasteiger partial charge on any atom is 0.140 e. The van der Waals surface area contributed by atoms with Crippen LogP contribution in [0.4, 0.5) is 10.1 Å². The number of anilines is 1. The van der Waals surface area contributed by atoms with Crippen LogP contribution in [0, 0.1) is 17.1 Å². The molecule has 2 aromatic carbocycles. The maximum atomic E-state index is 12.9. The third-order valence-electron chi connectivity index (χ3n) is 2.95. The minimum atomic E-state index is -0.508. The molecule has 4 heteroatoms. The number of nitrogens with zero attached hydrogens (tertiary/aromatic N) is 1. The fourth-order valence-electron chi connectivity index (χ4n) is 2.00. The lowest BCUT2D eigenvalue weighted by atomic mass is 10.0. The minimum Gasteiger partial charge on any atom is -0.380 e. The van der Waals surface area contributed by atoms with Gasteiger partial charge in [0.15, 0.2) is 0 Å². The SMILES string of the molecule is COCc1ccccc1C(C#N)Nc1ccc(F)cc1. The van der Waals surface area contributed by atoms with Gasteiger partial charge in [-0.15, -0.1) is 0 Å². The number of nitrogens with one attached hydrogen (secondary N) is 1. The van der Waals surface area contributed by atoms with Gasteiger partial charge in [-0.25, -0.2) is 4.39 Å². The van der Waals surface area contributed by atoms with Crippen LogP contribution in [0.5, 0.6) is 0 Å². The lowest BCUT2D eigenvalue weighted by Gasteiger charge is -2.16. The summed E-state index contributed by atoms with van der Waals surface area (Å²) in [5, 5.41) is 12.4. The van der Waals surface area contributed by atoms with Crippen LogP contribution in [-0.2, 0) is 11.3 Å². The van der Waals surface area contributed by atoms with E-state index in [1.165, 1.54) is 12.1 Å². The summed E-state index contributed by atoms with van der Waals surface area (Å²) < 4.78 is 18.0. The molecular formula is C16H15FN2O. The number of halogens is 1. The Morgan fingerprint density at radius 1 is 1.20 bits per heavy atom. The van der Waals surface area contributed by atoms with Crippen molar-refractivity contribution in [2.45, 2.75) is 12.6 Å². The highest BCUT2D eigenvalue weighted by Gasteiger charge is 2.14. The van der Waals surface area contributed by atoms with Crippen molar-refractivity contribution < 1.29 is 9.13 Å². The quantitative estimate of drug-likeness (QED) is 0.902. The highest BCUT2D eigenvalue weighted by atomic mass is 19.1. The Morgan fingerprint density at radius 2 is 1.90 bits per heavy atom. The van der Waals surface area contributed by atoms with Crippen molar-refractivity contribution in [1.82, 2.24) is 0 Å². The van der Waals surface area contributed by atoms with Crippen LogP contribution in [0.25, 0.3) is 0 Å². The number of rotatable bonds is 5. The first-order valence-electron chi connectivity index (χ1n) is 6.23. The smallest absolute Gasteiger partial charge is 0.140 e. The highest BCUT2D eigenvalue weighted by molar-refractivity contribution is 5.48. The summed E-state index contributed by atoms with van der Waals surface area (Å²) in [5.74, 6) is -0.302. The Morgan fingerprint density at radius 3 is 2.55 bits per heavy atom. The first kappa shape index (κ1) is 14.0. The van der Waals surface area contributed by atoms with Crippen LogP contribution in [0.1, 0.15) is 17.2 Å². The van der Waals surface area contributed by atoms with Crippen LogP contribution in [0.2, 0.25) is 0 Å². The average Bonchev–Trinajstić information content (AvgIpc) is 2.48. The molecule has 0 saturated carbocycles. The van der Waals surface area contributed by atoms with Gasteiger partial charge >= 0.3 is 0 Å². The largest absolute Gasteiger partial charge is 0.380 e. The molecule has 0 spiro atoms. The molecule has 1 N–H and O–H groups in total. The third-order valence-corrected chi connectivity index (χ3v) is 2.95. The molecule has 0 aliphatic heterocycles. The van der Waals surface area contributed by atoms with Gasteiger partial charge in [-0.05, 0) is 35.4 Å². The fraction of sp³-hybridized carbons (Fsp3) is 0.188. The Balaban J connectivity index is 2.24. The predicted molar refractivity (Wildman–Crippen MR) is 75.5 cm³/mol. The summed E-state index contributed by atoms with van der Waals surface area (Å²) in [6.45, 7) is 0.444. The van der Waals surface area contributed by atoms with Crippen molar-refractivity contribution in [3.63, 3.8) is 0 Å². The van der Waals surface area contributed by atoms with Gasteiger partial charge in [-0.3, -0.25) is 0 Å². The van der Waals surface area contributed by atoms with E-state index in [9.17, 15) is 9.65 Å². The second-order valence-corrected chi connectivity index (χ2v) is 4.35. The van der Waals surface area contributed by atoms with E-state index >= 15 is 0 Å². The molecule has 0 aliphatic rings. The van der Waals surface area contributed by atoms with Crippen LogP contribution < -0.4 is 5.32 Å². The van der Waals surface area contributed by atoms with E-state index in [2.05, 4.69) is 11.4 Å². The highest BCUT2D eigenvalue weighted by Crippen LogP contribution is 2.23. The topological polar surface area (TPSA) is 45.0 Å². The van der Waals surface area contributed by atoms with Crippen molar-refractivity contribution in [2.24, 2.45) is 0 Å². The monoisotopic (exact) mass is 270 g/mol. The molecule has 0 aromatic heterocycles. The van der Waals surface area contributed by atoms with E-state index in [1.807, 2.05) is 24.3 Å². The molecular weight excluding hydrogens is 255 g/mol. The van der Waals surface area contributed by atoms with Gasteiger partial charge in [0.2, 0.25) is 0 Å². The molecule has 1 atom stereocenters. The summed E-state index contributed by atoms with van der Waals surface area (Å²) in [7, 11) is 1.62. The summed E-state index contributed by atoms with van der Waals surface area (Å²) in [6.07, 6.45) is 0. The lowest BCUT2D eigenvalue weighted by molar-refractivity contribution is 0.184. The van der Waals surface area contributed by atoms with Crippen molar-refractivity contribution >= 4 is 5.69 Å². The van der Waals surface area contributed by atoms with E-state index < -0.39 is 6.04 Å². The van der Waals surface area contributed by atoms with Crippen molar-refractivity contribution in [3.8, 4) is 6.07 Å². The Bertz CT molecular complexity index is 605. The molecule has 0 amide bonds. The van der Waals surface area contributed by atoms with Gasteiger partial charge in [0, 0.05) is 12.8 Å². The molecule has 102 valence electrons. The summed E-state index contributed by atoms with van der Waals surface area (Å²) in [4.78, 5) is 0. The number of benzene rings is 2. The molecule has 1 unspecified atom stereocenters. The Labute approximate surface area is 117 Å². The minimum absolute atomic E-state index is 0.302. The van der Waals surface area contributed by atoms with Crippen LogP contribution >= 0.6 is 0 Å². The lowest BCUT2D eigenvalue weighted by Crippen LogP contribution is -2.11. The molecule has 2 rings (SSSR count). The van der Waals surface area contributed by atoms with Gasteiger partial charge in [0.1, 0.15) is 11.9 Å². The number of methoxy groups -OCH3 is 1. The first-order valence-corrected chi connectivity index (χ1v) is 6.23. The molecule has 0 fully saturated rings. The molecule has 2 aromatic rings. The second-order valence-electron chi connectivity index (χ2n) is 4.35. The van der Waals surface area contributed by atoms with E-state index in [0.29, 0.717) is 12.3 Å². The normalized spacial score (nSPS) is 11.7. The molecule has 3 nitrogen and oxygen atoms in total. The molecule has 0 saturated heterocycles. The molecule has 0 bridgehead atoms.